The fourth-order valence-corrected chi connectivity index (χ4v) is 1.46. The highest BCUT2D eigenvalue weighted by atomic mass is 16.5. The average molecular weight is 188 g/mol. The molecule has 1 aliphatic rings. The highest BCUT2D eigenvalue weighted by Crippen LogP contribution is 2.12. The van der Waals surface area contributed by atoms with Gasteiger partial charge in [-0.05, 0) is 7.05 Å². The zero-order chi connectivity index (χ0) is 9.84. The van der Waals surface area contributed by atoms with E-state index < -0.39 is 6.10 Å². The zero-order valence-electron chi connectivity index (χ0n) is 7.99. The van der Waals surface area contributed by atoms with Crippen molar-refractivity contribution < 1.29 is 14.6 Å². The number of ether oxygens (including phenoxy) is 1. The van der Waals surface area contributed by atoms with Crippen LogP contribution in [0.5, 0.6) is 0 Å². The molecule has 1 saturated heterocycles. The van der Waals surface area contributed by atoms with Crippen LogP contribution < -0.4 is 5.32 Å². The van der Waals surface area contributed by atoms with Crippen molar-refractivity contribution in [3.05, 3.63) is 0 Å². The number of nitrogens with zero attached hydrogens (tertiary/aromatic N) is 1. The number of methoxy groups -OCH3 is 1. The van der Waals surface area contributed by atoms with Crippen LogP contribution in [0.3, 0.4) is 0 Å². The molecule has 5 nitrogen and oxygen atoms in total. The molecule has 1 fully saturated rings. The number of hydrogen-bond acceptors (Lipinski definition) is 4. The SMILES string of the molecule is CNCC(=O)N1C[C@H](OC)[C@@H](O)C1. The molecule has 13 heavy (non-hydrogen) atoms. The first-order chi connectivity index (χ1) is 6.19. The molecule has 1 amide bonds. The number of rotatable bonds is 3. The van der Waals surface area contributed by atoms with Crippen molar-refractivity contribution in [2.45, 2.75) is 12.2 Å². The fraction of sp³-hybridized carbons (Fsp3) is 0.875. The van der Waals surface area contributed by atoms with Gasteiger partial charge in [-0.3, -0.25) is 4.79 Å². The number of carbonyl (C=O) groups excluding carboxylic acids is 1. The zero-order valence-corrected chi connectivity index (χ0v) is 7.99. The lowest BCUT2D eigenvalue weighted by Crippen LogP contribution is -2.36. The van der Waals surface area contributed by atoms with E-state index in [1.807, 2.05) is 0 Å². The maximum absolute atomic E-state index is 11.3. The van der Waals surface area contributed by atoms with E-state index in [0.717, 1.165) is 0 Å². The van der Waals surface area contributed by atoms with Gasteiger partial charge in [-0.15, -0.1) is 0 Å². The lowest BCUT2D eigenvalue weighted by Gasteiger charge is -2.14. The Balaban J connectivity index is 2.43. The predicted octanol–water partition coefficient (Wildman–Crippen LogP) is -1.58. The molecule has 0 radical (unpaired) electrons. The summed E-state index contributed by atoms with van der Waals surface area (Å²) in [7, 11) is 3.26. The minimum Gasteiger partial charge on any atom is -0.388 e. The van der Waals surface area contributed by atoms with Crippen molar-refractivity contribution in [2.24, 2.45) is 0 Å². The van der Waals surface area contributed by atoms with Crippen molar-refractivity contribution in [2.75, 3.05) is 33.8 Å². The van der Waals surface area contributed by atoms with E-state index in [1.54, 1.807) is 19.1 Å². The Morgan fingerprint density at radius 2 is 2.38 bits per heavy atom. The molecule has 0 aromatic heterocycles. The Morgan fingerprint density at radius 1 is 1.69 bits per heavy atom. The normalized spacial score (nSPS) is 28.1. The number of β-amino-alcohol motifs (C(OH)–C–C–N with tert-alkyl or cyclic N) is 1. The third-order valence-electron chi connectivity index (χ3n) is 2.22. The number of aliphatic hydroxyl groups is 1. The minimum atomic E-state index is -0.550. The van der Waals surface area contributed by atoms with E-state index in [9.17, 15) is 9.90 Å². The summed E-state index contributed by atoms with van der Waals surface area (Å²) in [6.07, 6.45) is -0.786. The van der Waals surface area contributed by atoms with Gasteiger partial charge in [-0.25, -0.2) is 0 Å². The first kappa shape index (κ1) is 10.4. The number of hydrogen-bond donors (Lipinski definition) is 2. The van der Waals surface area contributed by atoms with Crippen LogP contribution in [0.4, 0.5) is 0 Å². The van der Waals surface area contributed by atoms with Gasteiger partial charge >= 0.3 is 0 Å². The predicted molar refractivity (Wildman–Crippen MR) is 47.3 cm³/mol. The Bertz CT molecular complexity index is 186. The van der Waals surface area contributed by atoms with Crippen LogP contribution in [0.15, 0.2) is 0 Å². The number of amides is 1. The Kier molecular flexibility index (Phi) is 3.65. The average Bonchev–Trinajstić information content (AvgIpc) is 2.47. The van der Waals surface area contributed by atoms with Gasteiger partial charge in [0.1, 0.15) is 6.10 Å². The Morgan fingerprint density at radius 3 is 2.85 bits per heavy atom. The van der Waals surface area contributed by atoms with E-state index >= 15 is 0 Å². The second-order valence-electron chi connectivity index (χ2n) is 3.17. The van der Waals surface area contributed by atoms with Gasteiger partial charge in [0, 0.05) is 20.2 Å². The van der Waals surface area contributed by atoms with Crippen molar-refractivity contribution in [1.29, 1.82) is 0 Å². The molecule has 76 valence electrons. The summed E-state index contributed by atoms with van der Waals surface area (Å²) in [5.41, 5.74) is 0. The van der Waals surface area contributed by atoms with Gasteiger partial charge in [0.05, 0.1) is 12.6 Å². The minimum absolute atomic E-state index is 0.00102. The quantitative estimate of drug-likeness (QED) is 0.561. The van der Waals surface area contributed by atoms with Crippen LogP contribution >= 0.6 is 0 Å². The lowest BCUT2D eigenvalue weighted by atomic mass is 10.3. The number of likely N-dealkylation sites (tertiary alicyclic amines) is 1. The summed E-state index contributed by atoms with van der Waals surface area (Å²) in [4.78, 5) is 13.0. The topological polar surface area (TPSA) is 61.8 Å². The summed E-state index contributed by atoms with van der Waals surface area (Å²) in [5, 5.41) is 12.2. The first-order valence-corrected chi connectivity index (χ1v) is 4.32. The van der Waals surface area contributed by atoms with E-state index in [4.69, 9.17) is 4.74 Å². The van der Waals surface area contributed by atoms with Crippen molar-refractivity contribution >= 4 is 5.91 Å². The third-order valence-corrected chi connectivity index (χ3v) is 2.22. The maximum Gasteiger partial charge on any atom is 0.236 e. The van der Waals surface area contributed by atoms with Crippen LogP contribution in [0, 0.1) is 0 Å². The van der Waals surface area contributed by atoms with Crippen LogP contribution in [-0.4, -0.2) is 61.9 Å². The second-order valence-corrected chi connectivity index (χ2v) is 3.17. The van der Waals surface area contributed by atoms with Gasteiger partial charge in [-0.2, -0.15) is 0 Å². The molecule has 0 unspecified atom stereocenters. The standard InChI is InChI=1S/C8H16N2O3/c1-9-3-8(12)10-4-6(11)7(5-10)13-2/h6-7,9,11H,3-5H2,1-2H3/t6-,7-/m0/s1. The Hall–Kier alpha value is -0.650. The number of carbonyl (C=O) groups is 1. The molecule has 1 heterocycles. The highest BCUT2D eigenvalue weighted by Gasteiger charge is 2.33. The van der Waals surface area contributed by atoms with Gasteiger partial charge in [0.15, 0.2) is 0 Å². The van der Waals surface area contributed by atoms with Crippen molar-refractivity contribution in [3.63, 3.8) is 0 Å². The van der Waals surface area contributed by atoms with Crippen molar-refractivity contribution in [3.8, 4) is 0 Å². The highest BCUT2D eigenvalue weighted by molar-refractivity contribution is 5.78. The molecular weight excluding hydrogens is 172 g/mol. The molecule has 0 aromatic rings. The second kappa shape index (κ2) is 4.55. The fourth-order valence-electron chi connectivity index (χ4n) is 1.46. The van der Waals surface area contributed by atoms with E-state index in [-0.39, 0.29) is 12.0 Å². The van der Waals surface area contributed by atoms with Crippen LogP contribution in [0.25, 0.3) is 0 Å². The summed E-state index contributed by atoms with van der Waals surface area (Å²) in [6.45, 7) is 1.17. The lowest BCUT2D eigenvalue weighted by molar-refractivity contribution is -0.129. The molecule has 5 heteroatoms. The van der Waals surface area contributed by atoms with Gasteiger partial charge in [0.25, 0.3) is 0 Å². The van der Waals surface area contributed by atoms with E-state index in [1.165, 1.54) is 0 Å². The van der Waals surface area contributed by atoms with E-state index in [0.29, 0.717) is 19.6 Å². The van der Waals surface area contributed by atoms with Crippen molar-refractivity contribution in [1.82, 2.24) is 10.2 Å². The van der Waals surface area contributed by atoms with Gasteiger partial charge in [-0.1, -0.05) is 0 Å². The molecular formula is C8H16N2O3. The van der Waals surface area contributed by atoms with Crippen LogP contribution in [-0.2, 0) is 9.53 Å². The maximum atomic E-state index is 11.3. The molecule has 0 spiro atoms. The first-order valence-electron chi connectivity index (χ1n) is 4.32. The summed E-state index contributed by atoms with van der Waals surface area (Å²) >= 11 is 0. The molecule has 1 rings (SSSR count). The monoisotopic (exact) mass is 188 g/mol. The third kappa shape index (κ3) is 2.40. The summed E-state index contributed by atoms with van der Waals surface area (Å²) < 4.78 is 5.02. The smallest absolute Gasteiger partial charge is 0.236 e. The van der Waals surface area contributed by atoms with E-state index in [2.05, 4.69) is 5.32 Å². The van der Waals surface area contributed by atoms with Crippen LogP contribution in [0.1, 0.15) is 0 Å². The molecule has 2 N–H and O–H groups in total. The molecule has 0 bridgehead atoms. The molecule has 0 aromatic carbocycles. The van der Waals surface area contributed by atoms with Crippen LogP contribution in [0.2, 0.25) is 0 Å². The molecule has 2 atom stereocenters. The molecule has 0 aliphatic carbocycles. The molecule has 0 saturated carbocycles. The summed E-state index contributed by atoms with van der Waals surface area (Å²) in [5.74, 6) is 0.00102. The molecule has 1 aliphatic heterocycles. The number of nitrogens with one attached hydrogen (secondary N) is 1. The summed E-state index contributed by atoms with van der Waals surface area (Å²) in [6, 6.07) is 0. The number of likely N-dealkylation sites (N-methyl/N-ethyl adjacent to an activating group) is 1. The van der Waals surface area contributed by atoms with Gasteiger partial charge in [0.2, 0.25) is 5.91 Å². The van der Waals surface area contributed by atoms with Gasteiger partial charge < -0.3 is 20.1 Å². The largest absolute Gasteiger partial charge is 0.388 e. The Labute approximate surface area is 77.7 Å². The number of aliphatic hydroxyl groups excluding tert-OH is 1.